The molecular weight excluding hydrogens is 342 g/mol. The van der Waals surface area contributed by atoms with Gasteiger partial charge in [0.1, 0.15) is 6.04 Å². The first-order valence-electron chi connectivity index (χ1n) is 9.55. The number of carbonyl (C=O) groups is 1. The van der Waals surface area contributed by atoms with Gasteiger partial charge < -0.3 is 15.1 Å². The summed E-state index contributed by atoms with van der Waals surface area (Å²) in [4.78, 5) is 17.6. The highest BCUT2D eigenvalue weighted by Crippen LogP contribution is 2.42. The van der Waals surface area contributed by atoms with Crippen molar-refractivity contribution in [3.8, 4) is 0 Å². The summed E-state index contributed by atoms with van der Waals surface area (Å²) < 4.78 is 0. The van der Waals surface area contributed by atoms with Gasteiger partial charge in [0.05, 0.1) is 6.54 Å². The van der Waals surface area contributed by atoms with Crippen LogP contribution in [0.4, 0.5) is 5.69 Å². The number of rotatable bonds is 6. The molecule has 2 aromatic rings. The summed E-state index contributed by atoms with van der Waals surface area (Å²) in [7, 11) is 4.07. The molecule has 0 bridgehead atoms. The first kappa shape index (κ1) is 17.6. The first-order valence-corrected chi connectivity index (χ1v) is 10.4. The fourth-order valence-electron chi connectivity index (χ4n) is 4.08. The maximum absolute atomic E-state index is 12.6. The molecule has 1 aromatic heterocycles. The molecule has 138 valence electrons. The summed E-state index contributed by atoms with van der Waals surface area (Å²) in [6.45, 7) is 2.28. The molecule has 4 rings (SSSR count). The highest BCUT2D eigenvalue weighted by atomic mass is 32.1. The van der Waals surface area contributed by atoms with Crippen molar-refractivity contribution in [3.63, 3.8) is 0 Å². The number of carbonyl (C=O) groups excluding carboxylic acids is 1. The van der Waals surface area contributed by atoms with Crippen LogP contribution < -0.4 is 15.1 Å². The second kappa shape index (κ2) is 7.41. The van der Waals surface area contributed by atoms with Crippen LogP contribution in [0.5, 0.6) is 0 Å². The maximum Gasteiger partial charge on any atom is 0.275 e. The fraction of sp³-hybridized carbons (Fsp3) is 0.476. The van der Waals surface area contributed by atoms with Crippen molar-refractivity contribution in [3.05, 3.63) is 51.7 Å². The molecule has 4 nitrogen and oxygen atoms in total. The molecule has 0 radical (unpaired) electrons. The van der Waals surface area contributed by atoms with Gasteiger partial charge in [-0.05, 0) is 42.0 Å². The molecular formula is C21H28N3OS+. The van der Waals surface area contributed by atoms with Crippen molar-refractivity contribution in [2.75, 3.05) is 32.1 Å². The van der Waals surface area contributed by atoms with Crippen LogP contribution in [0.2, 0.25) is 0 Å². The smallest absolute Gasteiger partial charge is 0.275 e. The van der Waals surface area contributed by atoms with Gasteiger partial charge in [-0.25, -0.2) is 0 Å². The molecule has 1 unspecified atom stereocenters. The number of anilines is 1. The maximum atomic E-state index is 12.6. The molecule has 0 saturated heterocycles. The Bertz CT molecular complexity index is 764. The number of hydrogen-bond donors (Lipinski definition) is 2. The topological polar surface area (TPSA) is 36.8 Å². The van der Waals surface area contributed by atoms with Crippen LogP contribution >= 0.6 is 11.3 Å². The Morgan fingerprint density at radius 3 is 2.69 bits per heavy atom. The van der Waals surface area contributed by atoms with E-state index in [0.29, 0.717) is 19.1 Å². The summed E-state index contributed by atoms with van der Waals surface area (Å²) in [6.07, 6.45) is 3.76. The van der Waals surface area contributed by atoms with E-state index in [1.807, 2.05) is 25.4 Å². The molecule has 1 aliphatic heterocycles. The van der Waals surface area contributed by atoms with Crippen LogP contribution in [-0.2, 0) is 17.8 Å². The molecule has 5 heteroatoms. The molecule has 1 aliphatic carbocycles. The van der Waals surface area contributed by atoms with Gasteiger partial charge in [-0.3, -0.25) is 4.79 Å². The Morgan fingerprint density at radius 2 is 2.00 bits per heavy atom. The number of fused-ring (bicyclic) bond motifs is 1. The zero-order valence-electron chi connectivity index (χ0n) is 15.6. The minimum Gasteiger partial charge on any atom is -0.378 e. The normalized spacial score (nSPS) is 21.9. The molecule has 0 spiro atoms. The third-order valence-electron chi connectivity index (χ3n) is 5.65. The molecule has 2 aliphatic rings. The van der Waals surface area contributed by atoms with Crippen molar-refractivity contribution in [2.24, 2.45) is 5.92 Å². The zero-order chi connectivity index (χ0) is 18.1. The number of amides is 1. The lowest BCUT2D eigenvalue weighted by molar-refractivity contribution is -0.928. The minimum absolute atomic E-state index is 0.168. The average molecular weight is 371 g/mol. The summed E-state index contributed by atoms with van der Waals surface area (Å²) >= 11 is 1.89. The molecule has 1 saturated carbocycles. The van der Waals surface area contributed by atoms with Crippen molar-refractivity contribution < 1.29 is 9.69 Å². The largest absolute Gasteiger partial charge is 0.378 e. The van der Waals surface area contributed by atoms with Gasteiger partial charge in [-0.2, -0.15) is 0 Å². The van der Waals surface area contributed by atoms with E-state index in [1.54, 1.807) is 4.88 Å². The first-order chi connectivity index (χ1) is 12.6. The SMILES string of the molecule is CN(C)c1ccc(CNC(=O)C[NH+]2CCc3sccc3[C@H]2C2CC2)cc1. The van der Waals surface area contributed by atoms with Crippen LogP contribution in [0.1, 0.15) is 34.9 Å². The summed E-state index contributed by atoms with van der Waals surface area (Å²) in [5, 5.41) is 5.34. The number of benzene rings is 1. The second-order valence-corrected chi connectivity index (χ2v) is 8.79. The third-order valence-corrected chi connectivity index (χ3v) is 6.65. The van der Waals surface area contributed by atoms with E-state index in [4.69, 9.17) is 0 Å². The molecule has 1 amide bonds. The predicted molar refractivity (Wildman–Crippen MR) is 107 cm³/mol. The molecule has 2 atom stereocenters. The quantitative estimate of drug-likeness (QED) is 0.816. The van der Waals surface area contributed by atoms with E-state index in [-0.39, 0.29) is 5.91 Å². The van der Waals surface area contributed by atoms with Gasteiger partial charge in [0.2, 0.25) is 0 Å². The van der Waals surface area contributed by atoms with Crippen molar-refractivity contribution in [2.45, 2.75) is 31.8 Å². The number of hydrogen-bond acceptors (Lipinski definition) is 3. The number of nitrogens with zero attached hydrogens (tertiary/aromatic N) is 1. The summed E-state index contributed by atoms with van der Waals surface area (Å²) in [5.74, 6) is 0.950. The Morgan fingerprint density at radius 1 is 1.23 bits per heavy atom. The van der Waals surface area contributed by atoms with Crippen molar-refractivity contribution in [1.82, 2.24) is 5.32 Å². The van der Waals surface area contributed by atoms with Crippen LogP contribution in [0.3, 0.4) is 0 Å². The van der Waals surface area contributed by atoms with Gasteiger partial charge in [-0.1, -0.05) is 12.1 Å². The van der Waals surface area contributed by atoms with E-state index in [2.05, 4.69) is 45.9 Å². The third kappa shape index (κ3) is 3.79. The van der Waals surface area contributed by atoms with Crippen LogP contribution in [-0.4, -0.2) is 33.1 Å². The number of nitrogens with one attached hydrogen (secondary N) is 2. The number of quaternary nitrogens is 1. The minimum atomic E-state index is 0.168. The lowest BCUT2D eigenvalue weighted by Crippen LogP contribution is -3.14. The summed E-state index contributed by atoms with van der Waals surface area (Å²) in [5.41, 5.74) is 3.85. The van der Waals surface area contributed by atoms with Gasteiger partial charge in [-0.15, -0.1) is 11.3 Å². The highest BCUT2D eigenvalue weighted by Gasteiger charge is 2.43. The standard InChI is InChI=1S/C21H27N3OS/c1-23(2)17-7-3-15(4-8-17)13-22-20(25)14-24-11-9-19-18(10-12-26-19)21(24)16-5-6-16/h3-4,7-8,10,12,16,21H,5-6,9,11,13-14H2,1-2H3,(H,22,25)/p+1/t21-/m1/s1. The van der Waals surface area contributed by atoms with Gasteiger partial charge in [0, 0.05) is 49.1 Å². The zero-order valence-corrected chi connectivity index (χ0v) is 16.4. The Balaban J connectivity index is 1.34. The predicted octanol–water partition coefficient (Wildman–Crippen LogP) is 2.02. The van der Waals surface area contributed by atoms with E-state index < -0.39 is 0 Å². The Labute approximate surface area is 159 Å². The van der Waals surface area contributed by atoms with Gasteiger partial charge >= 0.3 is 0 Å². The van der Waals surface area contributed by atoms with Crippen LogP contribution in [0.15, 0.2) is 35.7 Å². The molecule has 2 N–H and O–H groups in total. The van der Waals surface area contributed by atoms with Crippen LogP contribution in [0.25, 0.3) is 0 Å². The second-order valence-electron chi connectivity index (χ2n) is 7.79. The fourth-order valence-corrected chi connectivity index (χ4v) is 5.01. The molecule has 26 heavy (non-hydrogen) atoms. The molecule has 1 fully saturated rings. The number of thiophene rings is 1. The van der Waals surface area contributed by atoms with E-state index >= 15 is 0 Å². The van der Waals surface area contributed by atoms with E-state index in [0.717, 1.165) is 24.4 Å². The Hall–Kier alpha value is -1.85. The Kier molecular flexibility index (Phi) is 5.00. The summed E-state index contributed by atoms with van der Waals surface area (Å²) in [6, 6.07) is 11.2. The van der Waals surface area contributed by atoms with Crippen molar-refractivity contribution in [1.29, 1.82) is 0 Å². The average Bonchev–Trinajstić information content (AvgIpc) is 3.36. The van der Waals surface area contributed by atoms with Crippen LogP contribution in [0, 0.1) is 5.92 Å². The monoisotopic (exact) mass is 370 g/mol. The van der Waals surface area contributed by atoms with Gasteiger partial charge in [0.15, 0.2) is 6.54 Å². The lowest BCUT2D eigenvalue weighted by atomic mass is 9.96. The van der Waals surface area contributed by atoms with E-state index in [9.17, 15) is 4.79 Å². The van der Waals surface area contributed by atoms with Crippen molar-refractivity contribution >= 4 is 22.9 Å². The highest BCUT2D eigenvalue weighted by molar-refractivity contribution is 7.10. The van der Waals surface area contributed by atoms with E-state index in [1.165, 1.54) is 29.0 Å². The molecule has 2 heterocycles. The molecule has 1 aromatic carbocycles. The van der Waals surface area contributed by atoms with Gasteiger partial charge in [0.25, 0.3) is 5.91 Å². The lowest BCUT2D eigenvalue weighted by Gasteiger charge is -2.32.